The quantitative estimate of drug-likeness (QED) is 0.684. The molecule has 2 heterocycles. The standard InChI is InChI=1S/C23H28ClN3O3S/c24-21-8-6-19(7-9-21)18-25-10-12-27(13-11-25)23(28)22(20-4-2-1-3-5-20)26-14-16-31(29,30)17-15-26/h1-9,22H,10-18H2. The van der Waals surface area contributed by atoms with Gasteiger partial charge in [0.25, 0.3) is 0 Å². The van der Waals surface area contributed by atoms with Crippen molar-refractivity contribution in [1.82, 2.24) is 14.7 Å². The van der Waals surface area contributed by atoms with E-state index in [4.69, 9.17) is 11.6 Å². The van der Waals surface area contributed by atoms with Crippen molar-refractivity contribution in [2.45, 2.75) is 12.6 Å². The molecule has 0 aliphatic carbocycles. The second-order valence-electron chi connectivity index (χ2n) is 8.23. The first-order chi connectivity index (χ1) is 14.9. The fourth-order valence-electron chi connectivity index (χ4n) is 4.28. The minimum Gasteiger partial charge on any atom is -0.338 e. The summed E-state index contributed by atoms with van der Waals surface area (Å²) < 4.78 is 23.8. The number of sulfone groups is 1. The van der Waals surface area contributed by atoms with Crippen molar-refractivity contribution in [2.75, 3.05) is 50.8 Å². The van der Waals surface area contributed by atoms with Crippen LogP contribution in [-0.2, 0) is 21.2 Å². The Hall–Kier alpha value is -1.93. The van der Waals surface area contributed by atoms with Gasteiger partial charge in [0.1, 0.15) is 6.04 Å². The number of amides is 1. The van der Waals surface area contributed by atoms with Gasteiger partial charge in [0, 0.05) is 50.8 Å². The number of benzene rings is 2. The molecular formula is C23H28ClN3O3S. The summed E-state index contributed by atoms with van der Waals surface area (Å²) in [5.74, 6) is 0.286. The van der Waals surface area contributed by atoms with E-state index in [1.165, 1.54) is 5.56 Å². The van der Waals surface area contributed by atoms with E-state index in [1.807, 2.05) is 64.4 Å². The van der Waals surface area contributed by atoms with Gasteiger partial charge < -0.3 is 4.90 Å². The van der Waals surface area contributed by atoms with Crippen molar-refractivity contribution in [1.29, 1.82) is 0 Å². The Morgan fingerprint density at radius 3 is 2.10 bits per heavy atom. The van der Waals surface area contributed by atoms with Crippen LogP contribution in [0.3, 0.4) is 0 Å². The van der Waals surface area contributed by atoms with Crippen LogP contribution in [0.5, 0.6) is 0 Å². The highest BCUT2D eigenvalue weighted by Crippen LogP contribution is 2.26. The van der Waals surface area contributed by atoms with E-state index in [9.17, 15) is 13.2 Å². The Morgan fingerprint density at radius 2 is 1.48 bits per heavy atom. The van der Waals surface area contributed by atoms with Gasteiger partial charge in [-0.2, -0.15) is 0 Å². The third kappa shape index (κ3) is 5.66. The summed E-state index contributed by atoms with van der Waals surface area (Å²) in [4.78, 5) is 19.9. The Labute approximate surface area is 189 Å². The molecule has 2 aromatic carbocycles. The van der Waals surface area contributed by atoms with E-state index >= 15 is 0 Å². The van der Waals surface area contributed by atoms with E-state index in [0.717, 1.165) is 30.2 Å². The van der Waals surface area contributed by atoms with Crippen molar-refractivity contribution < 1.29 is 13.2 Å². The predicted octanol–water partition coefficient (Wildman–Crippen LogP) is 2.46. The molecule has 1 amide bonds. The summed E-state index contributed by atoms with van der Waals surface area (Å²) in [5.41, 5.74) is 2.14. The van der Waals surface area contributed by atoms with Gasteiger partial charge in [0.05, 0.1) is 11.5 Å². The van der Waals surface area contributed by atoms with Gasteiger partial charge in [0.2, 0.25) is 5.91 Å². The first-order valence-electron chi connectivity index (χ1n) is 10.7. The van der Waals surface area contributed by atoms with Crippen LogP contribution in [0.1, 0.15) is 17.2 Å². The maximum atomic E-state index is 13.6. The topological polar surface area (TPSA) is 60.9 Å². The Balaban J connectivity index is 1.42. The zero-order valence-corrected chi connectivity index (χ0v) is 19.1. The third-order valence-electron chi connectivity index (χ3n) is 6.10. The Bertz CT molecular complexity index is 976. The van der Waals surface area contributed by atoms with E-state index in [2.05, 4.69) is 4.90 Å². The Morgan fingerprint density at radius 1 is 0.871 bits per heavy atom. The number of carbonyl (C=O) groups excluding carboxylic acids is 1. The van der Waals surface area contributed by atoms with Crippen LogP contribution < -0.4 is 0 Å². The van der Waals surface area contributed by atoms with Crippen LogP contribution in [0.15, 0.2) is 54.6 Å². The van der Waals surface area contributed by atoms with Crippen LogP contribution in [0.25, 0.3) is 0 Å². The first-order valence-corrected chi connectivity index (χ1v) is 12.9. The van der Waals surface area contributed by atoms with Crippen LogP contribution in [0, 0.1) is 0 Å². The first kappa shape index (κ1) is 22.3. The molecule has 0 saturated carbocycles. The summed E-state index contributed by atoms with van der Waals surface area (Å²) in [5, 5.41) is 0.733. The molecule has 6 nitrogen and oxygen atoms in total. The summed E-state index contributed by atoms with van der Waals surface area (Å²) in [6, 6.07) is 17.2. The molecule has 2 fully saturated rings. The molecule has 31 heavy (non-hydrogen) atoms. The van der Waals surface area contributed by atoms with Gasteiger partial charge in [-0.3, -0.25) is 14.6 Å². The number of carbonyl (C=O) groups is 1. The zero-order valence-electron chi connectivity index (χ0n) is 17.5. The highest BCUT2D eigenvalue weighted by molar-refractivity contribution is 7.91. The second kappa shape index (κ2) is 9.69. The molecule has 0 N–H and O–H groups in total. The van der Waals surface area contributed by atoms with E-state index in [-0.39, 0.29) is 17.4 Å². The normalized spacial score (nSPS) is 21.0. The molecule has 0 radical (unpaired) electrons. The molecule has 2 saturated heterocycles. The van der Waals surface area contributed by atoms with Crippen molar-refractivity contribution in [3.8, 4) is 0 Å². The smallest absolute Gasteiger partial charge is 0.244 e. The van der Waals surface area contributed by atoms with Gasteiger partial charge in [-0.15, -0.1) is 0 Å². The van der Waals surface area contributed by atoms with Gasteiger partial charge >= 0.3 is 0 Å². The maximum absolute atomic E-state index is 13.6. The molecule has 0 aromatic heterocycles. The summed E-state index contributed by atoms with van der Waals surface area (Å²) in [7, 11) is -3.00. The number of piperazine rings is 1. The fraction of sp³-hybridized carbons (Fsp3) is 0.435. The molecule has 0 bridgehead atoms. The lowest BCUT2D eigenvalue weighted by molar-refractivity contribution is -0.139. The van der Waals surface area contributed by atoms with Gasteiger partial charge in [-0.25, -0.2) is 8.42 Å². The number of nitrogens with zero attached hydrogens (tertiary/aromatic N) is 3. The molecule has 2 aliphatic rings. The molecule has 4 rings (SSSR count). The lowest BCUT2D eigenvalue weighted by Gasteiger charge is -2.40. The van der Waals surface area contributed by atoms with Crippen LogP contribution in [-0.4, -0.2) is 79.8 Å². The Kier molecular flexibility index (Phi) is 6.96. The van der Waals surface area contributed by atoms with E-state index < -0.39 is 15.9 Å². The summed E-state index contributed by atoms with van der Waals surface area (Å²) in [6.07, 6.45) is 0. The zero-order chi connectivity index (χ0) is 21.8. The van der Waals surface area contributed by atoms with Crippen molar-refractivity contribution >= 4 is 27.3 Å². The summed E-state index contributed by atoms with van der Waals surface area (Å²) in [6.45, 7) is 4.58. The van der Waals surface area contributed by atoms with Crippen molar-refractivity contribution in [2.24, 2.45) is 0 Å². The molecule has 1 unspecified atom stereocenters. The number of halogens is 1. The monoisotopic (exact) mass is 461 g/mol. The number of hydrogen-bond acceptors (Lipinski definition) is 5. The molecule has 0 spiro atoms. The van der Waals surface area contributed by atoms with Gasteiger partial charge in [-0.05, 0) is 23.3 Å². The lowest BCUT2D eigenvalue weighted by atomic mass is 10.0. The number of rotatable bonds is 5. The molecule has 2 aromatic rings. The minimum atomic E-state index is -3.00. The fourth-order valence-corrected chi connectivity index (χ4v) is 5.63. The number of hydrogen-bond donors (Lipinski definition) is 0. The predicted molar refractivity (Wildman–Crippen MR) is 123 cm³/mol. The van der Waals surface area contributed by atoms with Gasteiger partial charge in [0.15, 0.2) is 9.84 Å². The minimum absolute atomic E-state index is 0.0663. The van der Waals surface area contributed by atoms with Crippen molar-refractivity contribution in [3.05, 3.63) is 70.7 Å². The van der Waals surface area contributed by atoms with Crippen LogP contribution in [0.2, 0.25) is 5.02 Å². The van der Waals surface area contributed by atoms with E-state index in [1.54, 1.807) is 0 Å². The average molecular weight is 462 g/mol. The summed E-state index contributed by atoms with van der Waals surface area (Å²) >= 11 is 5.97. The van der Waals surface area contributed by atoms with Crippen LogP contribution >= 0.6 is 11.6 Å². The van der Waals surface area contributed by atoms with Crippen molar-refractivity contribution in [3.63, 3.8) is 0 Å². The molecular weight excluding hydrogens is 434 g/mol. The third-order valence-corrected chi connectivity index (χ3v) is 7.96. The maximum Gasteiger partial charge on any atom is 0.244 e. The molecule has 2 aliphatic heterocycles. The SMILES string of the molecule is O=C(C(c1ccccc1)N1CCS(=O)(=O)CC1)N1CCN(Cc2ccc(Cl)cc2)CC1. The highest BCUT2D eigenvalue weighted by atomic mass is 35.5. The lowest BCUT2D eigenvalue weighted by Crippen LogP contribution is -2.53. The van der Waals surface area contributed by atoms with E-state index in [0.29, 0.717) is 26.2 Å². The van der Waals surface area contributed by atoms with Gasteiger partial charge in [-0.1, -0.05) is 54.1 Å². The molecule has 8 heteroatoms. The molecule has 166 valence electrons. The second-order valence-corrected chi connectivity index (χ2v) is 11.0. The average Bonchev–Trinajstić information content (AvgIpc) is 2.78. The van der Waals surface area contributed by atoms with Crippen LogP contribution in [0.4, 0.5) is 0 Å². The highest BCUT2D eigenvalue weighted by Gasteiger charge is 2.35. The largest absolute Gasteiger partial charge is 0.338 e. The molecule has 1 atom stereocenters.